The van der Waals surface area contributed by atoms with Crippen molar-refractivity contribution in [1.29, 1.82) is 0 Å². The summed E-state index contributed by atoms with van der Waals surface area (Å²) in [6, 6.07) is 10.3. The van der Waals surface area contributed by atoms with Gasteiger partial charge >= 0.3 is 0 Å². The summed E-state index contributed by atoms with van der Waals surface area (Å²) in [6.07, 6.45) is 1.29. The Balaban J connectivity index is 2.03. The number of nitro benzene ring substituents is 1. The maximum absolute atomic E-state index is 13.2. The zero-order valence-electron chi connectivity index (χ0n) is 15.0. The summed E-state index contributed by atoms with van der Waals surface area (Å²) >= 11 is 0. The predicted octanol–water partition coefficient (Wildman–Crippen LogP) is 3.14. The third-order valence-corrected chi connectivity index (χ3v) is 6.60. The molecule has 1 heterocycles. The first-order valence-corrected chi connectivity index (χ1v) is 9.81. The molecule has 9 heteroatoms. The van der Waals surface area contributed by atoms with Crippen LogP contribution in [0.5, 0.6) is 11.5 Å². The number of rotatable bonds is 6. The molecule has 144 valence electrons. The van der Waals surface area contributed by atoms with Crippen LogP contribution in [0.4, 0.5) is 5.69 Å². The summed E-state index contributed by atoms with van der Waals surface area (Å²) in [5.74, 6) is 1.05. The van der Waals surface area contributed by atoms with Crippen molar-refractivity contribution in [3.8, 4) is 11.5 Å². The molecule has 1 fully saturated rings. The molecule has 1 unspecified atom stereocenters. The highest BCUT2D eigenvalue weighted by Crippen LogP contribution is 2.40. The zero-order valence-corrected chi connectivity index (χ0v) is 15.8. The van der Waals surface area contributed by atoms with Gasteiger partial charge in [0.05, 0.1) is 25.2 Å². The molecule has 0 spiro atoms. The zero-order chi connectivity index (χ0) is 19.6. The second kappa shape index (κ2) is 7.53. The van der Waals surface area contributed by atoms with Crippen LogP contribution in [0.1, 0.15) is 24.4 Å². The van der Waals surface area contributed by atoms with Crippen molar-refractivity contribution in [2.45, 2.75) is 23.8 Å². The van der Waals surface area contributed by atoms with Gasteiger partial charge in [-0.25, -0.2) is 8.42 Å². The second-order valence-electron chi connectivity index (χ2n) is 6.11. The van der Waals surface area contributed by atoms with E-state index in [4.69, 9.17) is 9.47 Å². The highest BCUT2D eigenvalue weighted by atomic mass is 32.2. The Hall–Kier alpha value is -2.65. The van der Waals surface area contributed by atoms with Crippen LogP contribution in [-0.2, 0) is 10.0 Å². The summed E-state index contributed by atoms with van der Waals surface area (Å²) in [4.78, 5) is 10.3. The van der Waals surface area contributed by atoms with Crippen LogP contribution >= 0.6 is 0 Å². The highest BCUT2D eigenvalue weighted by Gasteiger charge is 2.39. The van der Waals surface area contributed by atoms with Gasteiger partial charge in [0.15, 0.2) is 16.4 Å². The summed E-state index contributed by atoms with van der Waals surface area (Å²) < 4.78 is 38.2. The fraction of sp³-hybridized carbons (Fsp3) is 0.333. The van der Waals surface area contributed by atoms with Crippen molar-refractivity contribution in [3.05, 3.63) is 58.1 Å². The molecule has 27 heavy (non-hydrogen) atoms. The van der Waals surface area contributed by atoms with E-state index in [0.717, 1.165) is 5.56 Å². The lowest BCUT2D eigenvalue weighted by Gasteiger charge is -2.25. The van der Waals surface area contributed by atoms with Crippen molar-refractivity contribution in [1.82, 2.24) is 4.31 Å². The van der Waals surface area contributed by atoms with Gasteiger partial charge in [0.2, 0.25) is 10.0 Å². The molecular formula is C18H20N2O6S. The fourth-order valence-corrected chi connectivity index (χ4v) is 5.22. The van der Waals surface area contributed by atoms with E-state index in [1.165, 1.54) is 42.8 Å². The maximum atomic E-state index is 13.2. The number of ether oxygens (including phenoxy) is 2. The lowest BCUT2D eigenvalue weighted by Crippen LogP contribution is -2.31. The van der Waals surface area contributed by atoms with E-state index in [1.807, 2.05) is 0 Å². The van der Waals surface area contributed by atoms with Crippen LogP contribution in [0, 0.1) is 10.1 Å². The van der Waals surface area contributed by atoms with E-state index < -0.39 is 26.7 Å². The van der Waals surface area contributed by atoms with Gasteiger partial charge in [-0.05, 0) is 36.6 Å². The van der Waals surface area contributed by atoms with E-state index >= 15 is 0 Å². The monoisotopic (exact) mass is 392 g/mol. The van der Waals surface area contributed by atoms with Crippen LogP contribution in [0.15, 0.2) is 47.4 Å². The SMILES string of the molecule is COc1ccc(C2CCCN2S(=O)(=O)c2ccccc2[N+](=O)[O-])cc1OC. The minimum absolute atomic E-state index is 0.289. The van der Waals surface area contributed by atoms with Crippen LogP contribution < -0.4 is 9.47 Å². The van der Waals surface area contributed by atoms with Gasteiger partial charge in [-0.15, -0.1) is 0 Å². The van der Waals surface area contributed by atoms with Crippen molar-refractivity contribution in [2.24, 2.45) is 0 Å². The first kappa shape index (κ1) is 19.1. The van der Waals surface area contributed by atoms with Crippen molar-refractivity contribution < 1.29 is 22.8 Å². The number of hydrogen-bond acceptors (Lipinski definition) is 6. The quantitative estimate of drug-likeness (QED) is 0.553. The third kappa shape index (κ3) is 3.47. The first-order valence-electron chi connectivity index (χ1n) is 8.37. The lowest BCUT2D eigenvalue weighted by atomic mass is 10.0. The number of nitro groups is 1. The van der Waals surface area contributed by atoms with Gasteiger partial charge < -0.3 is 9.47 Å². The number of sulfonamides is 1. The number of nitrogens with zero attached hydrogens (tertiary/aromatic N) is 2. The second-order valence-corrected chi connectivity index (χ2v) is 7.97. The molecule has 0 radical (unpaired) electrons. The number of hydrogen-bond donors (Lipinski definition) is 0. The smallest absolute Gasteiger partial charge is 0.289 e. The lowest BCUT2D eigenvalue weighted by molar-refractivity contribution is -0.387. The molecule has 1 saturated heterocycles. The Labute approximate surface area is 157 Å². The highest BCUT2D eigenvalue weighted by molar-refractivity contribution is 7.89. The van der Waals surface area contributed by atoms with Gasteiger partial charge in [0.1, 0.15) is 0 Å². The topological polar surface area (TPSA) is 99.0 Å². The van der Waals surface area contributed by atoms with Crippen molar-refractivity contribution in [2.75, 3.05) is 20.8 Å². The molecule has 1 aliphatic rings. The molecule has 0 saturated carbocycles. The maximum Gasteiger partial charge on any atom is 0.289 e. The van der Waals surface area contributed by atoms with Crippen LogP contribution in [0.3, 0.4) is 0 Å². The van der Waals surface area contributed by atoms with Crippen LogP contribution in [-0.4, -0.2) is 38.4 Å². The largest absolute Gasteiger partial charge is 0.493 e. The van der Waals surface area contributed by atoms with Crippen molar-refractivity contribution >= 4 is 15.7 Å². The molecule has 0 aromatic heterocycles. The Kier molecular flexibility index (Phi) is 5.33. The Morgan fingerprint density at radius 2 is 1.81 bits per heavy atom. The molecule has 2 aromatic rings. The summed E-state index contributed by atoms with van der Waals surface area (Å²) in [5, 5.41) is 11.3. The average Bonchev–Trinajstić information content (AvgIpc) is 3.18. The Morgan fingerprint density at radius 3 is 2.48 bits per heavy atom. The molecule has 0 amide bonds. The third-order valence-electron chi connectivity index (χ3n) is 4.64. The van der Waals surface area contributed by atoms with E-state index in [0.29, 0.717) is 30.9 Å². The average molecular weight is 392 g/mol. The predicted molar refractivity (Wildman–Crippen MR) is 98.5 cm³/mol. The normalized spacial score (nSPS) is 17.6. The molecule has 0 N–H and O–H groups in total. The standard InChI is InChI=1S/C18H20N2O6S/c1-25-16-10-9-13(12-17(16)26-2)14-7-5-11-19(14)27(23,24)18-8-4-3-6-15(18)20(21)22/h3-4,6,8-10,12,14H,5,7,11H2,1-2H3. The van der Waals surface area contributed by atoms with Crippen LogP contribution in [0.2, 0.25) is 0 Å². The molecular weight excluding hydrogens is 372 g/mol. The summed E-state index contributed by atoms with van der Waals surface area (Å²) in [5.41, 5.74) is 0.336. The van der Waals surface area contributed by atoms with E-state index in [9.17, 15) is 18.5 Å². The van der Waals surface area contributed by atoms with Crippen LogP contribution in [0.25, 0.3) is 0 Å². The van der Waals surface area contributed by atoms with E-state index in [2.05, 4.69) is 0 Å². The number of para-hydroxylation sites is 1. The number of benzene rings is 2. The number of methoxy groups -OCH3 is 2. The van der Waals surface area contributed by atoms with Gasteiger partial charge in [-0.2, -0.15) is 4.31 Å². The molecule has 3 rings (SSSR count). The molecule has 0 bridgehead atoms. The molecule has 2 aromatic carbocycles. The molecule has 0 aliphatic carbocycles. The van der Waals surface area contributed by atoms with E-state index in [1.54, 1.807) is 18.2 Å². The Bertz CT molecular complexity index is 960. The summed E-state index contributed by atoms with van der Waals surface area (Å²) in [6.45, 7) is 0.299. The molecule has 1 atom stereocenters. The van der Waals surface area contributed by atoms with Crippen molar-refractivity contribution in [3.63, 3.8) is 0 Å². The minimum Gasteiger partial charge on any atom is -0.493 e. The van der Waals surface area contributed by atoms with Gasteiger partial charge in [0, 0.05) is 12.6 Å². The first-order chi connectivity index (χ1) is 12.9. The molecule has 1 aliphatic heterocycles. The van der Waals surface area contributed by atoms with Gasteiger partial charge in [-0.1, -0.05) is 18.2 Å². The minimum atomic E-state index is -4.03. The molecule has 8 nitrogen and oxygen atoms in total. The van der Waals surface area contributed by atoms with E-state index in [-0.39, 0.29) is 4.90 Å². The summed E-state index contributed by atoms with van der Waals surface area (Å²) in [7, 11) is -0.989. The fourth-order valence-electron chi connectivity index (χ4n) is 3.37. The van der Waals surface area contributed by atoms with Gasteiger partial charge in [-0.3, -0.25) is 10.1 Å². The Morgan fingerprint density at radius 1 is 1.11 bits per heavy atom. The van der Waals surface area contributed by atoms with Gasteiger partial charge in [0.25, 0.3) is 5.69 Å².